The maximum atomic E-state index is 12.4. The predicted octanol–water partition coefficient (Wildman–Crippen LogP) is 2.71. The lowest BCUT2D eigenvalue weighted by atomic mass is 10.1. The van der Waals surface area contributed by atoms with Gasteiger partial charge in [0.2, 0.25) is 10.0 Å². The van der Waals surface area contributed by atoms with E-state index in [1.807, 2.05) is 32.0 Å². The van der Waals surface area contributed by atoms with Crippen LogP contribution in [-0.2, 0) is 14.8 Å². The van der Waals surface area contributed by atoms with Gasteiger partial charge >= 0.3 is 0 Å². The molecule has 1 aromatic heterocycles. The largest absolute Gasteiger partial charge is 0.483 e. The van der Waals surface area contributed by atoms with Gasteiger partial charge < -0.3 is 9.64 Å². The summed E-state index contributed by atoms with van der Waals surface area (Å²) in [5.74, 6) is 0.682. The molecule has 2 heterocycles. The summed E-state index contributed by atoms with van der Waals surface area (Å²) in [7, 11) is -3.47. The van der Waals surface area contributed by atoms with E-state index in [0.717, 1.165) is 16.9 Å². The summed E-state index contributed by atoms with van der Waals surface area (Å²) in [5, 5.41) is 1.74. The lowest BCUT2D eigenvalue weighted by Crippen LogP contribution is -2.47. The number of ether oxygens (including phenoxy) is 1. The third kappa shape index (κ3) is 4.88. The zero-order valence-electron chi connectivity index (χ0n) is 15.5. The minimum atomic E-state index is -3.47. The molecule has 1 fully saturated rings. The third-order valence-corrected chi connectivity index (χ3v) is 7.60. The maximum Gasteiger partial charge on any atom is 0.260 e. The Labute approximate surface area is 164 Å². The highest BCUT2D eigenvalue weighted by atomic mass is 32.2. The fraction of sp³-hybridized carbons (Fsp3) is 0.421. The molecule has 8 heteroatoms. The van der Waals surface area contributed by atoms with Crippen molar-refractivity contribution >= 4 is 27.3 Å². The van der Waals surface area contributed by atoms with Crippen LogP contribution < -0.4 is 9.46 Å². The lowest BCUT2D eigenvalue weighted by Gasteiger charge is -2.32. The highest BCUT2D eigenvalue weighted by Crippen LogP contribution is 2.23. The SMILES string of the molecule is Cc1cccc(C)c1OCC(=O)N1CCC(NS(=O)(=O)c2cccs2)CC1. The van der Waals surface area contributed by atoms with Crippen molar-refractivity contribution in [2.24, 2.45) is 0 Å². The zero-order chi connectivity index (χ0) is 19.4. The number of para-hydroxylation sites is 1. The smallest absolute Gasteiger partial charge is 0.260 e. The highest BCUT2D eigenvalue weighted by molar-refractivity contribution is 7.91. The average Bonchev–Trinajstić information content (AvgIpc) is 3.17. The Morgan fingerprint density at radius 1 is 1.19 bits per heavy atom. The molecule has 1 amide bonds. The number of carbonyl (C=O) groups excluding carboxylic acids is 1. The summed E-state index contributed by atoms with van der Waals surface area (Å²) < 4.78 is 33.4. The second-order valence-electron chi connectivity index (χ2n) is 6.72. The molecule has 1 saturated heterocycles. The van der Waals surface area contributed by atoms with Crippen LogP contribution in [0.2, 0.25) is 0 Å². The molecule has 1 aliphatic rings. The van der Waals surface area contributed by atoms with Crippen LogP contribution >= 0.6 is 11.3 Å². The van der Waals surface area contributed by atoms with Crippen molar-refractivity contribution in [1.82, 2.24) is 9.62 Å². The quantitative estimate of drug-likeness (QED) is 0.797. The van der Waals surface area contributed by atoms with E-state index in [9.17, 15) is 13.2 Å². The van der Waals surface area contributed by atoms with Crippen LogP contribution in [0.5, 0.6) is 5.75 Å². The standard InChI is InChI=1S/C19H24N2O4S2/c1-14-5-3-6-15(2)19(14)25-13-17(22)21-10-8-16(9-11-21)20-27(23,24)18-7-4-12-26-18/h3-7,12,16,20H,8-11,13H2,1-2H3. The number of carbonyl (C=O) groups is 1. The summed E-state index contributed by atoms with van der Waals surface area (Å²) in [6, 6.07) is 9.03. The minimum Gasteiger partial charge on any atom is -0.483 e. The second kappa shape index (κ2) is 8.41. The lowest BCUT2D eigenvalue weighted by molar-refractivity contribution is -0.134. The Morgan fingerprint density at radius 2 is 1.85 bits per heavy atom. The average molecular weight is 409 g/mol. The van der Waals surface area contributed by atoms with Crippen molar-refractivity contribution < 1.29 is 17.9 Å². The number of piperidine rings is 1. The van der Waals surface area contributed by atoms with E-state index < -0.39 is 10.0 Å². The van der Waals surface area contributed by atoms with Gasteiger partial charge in [-0.15, -0.1) is 11.3 Å². The van der Waals surface area contributed by atoms with E-state index in [2.05, 4.69) is 4.72 Å². The molecule has 1 N–H and O–H groups in total. The van der Waals surface area contributed by atoms with Crippen LogP contribution in [0.4, 0.5) is 0 Å². The van der Waals surface area contributed by atoms with Crippen LogP contribution in [0.1, 0.15) is 24.0 Å². The van der Waals surface area contributed by atoms with Crippen molar-refractivity contribution in [3.8, 4) is 5.75 Å². The molecule has 0 bridgehead atoms. The van der Waals surface area contributed by atoms with Gasteiger partial charge in [-0.3, -0.25) is 4.79 Å². The molecule has 0 radical (unpaired) electrons. The van der Waals surface area contributed by atoms with Gasteiger partial charge in [0.25, 0.3) is 5.91 Å². The number of sulfonamides is 1. The molecule has 1 aliphatic heterocycles. The number of aryl methyl sites for hydroxylation is 2. The molecule has 3 rings (SSSR count). The van der Waals surface area contributed by atoms with Crippen molar-refractivity contribution in [3.05, 3.63) is 46.8 Å². The van der Waals surface area contributed by atoms with Gasteiger partial charge in [-0.05, 0) is 49.3 Å². The molecule has 27 heavy (non-hydrogen) atoms. The number of amides is 1. The van der Waals surface area contributed by atoms with Crippen LogP contribution in [-0.4, -0.2) is 45.0 Å². The first-order chi connectivity index (χ1) is 12.9. The van der Waals surface area contributed by atoms with E-state index >= 15 is 0 Å². The molecule has 6 nitrogen and oxygen atoms in total. The first kappa shape index (κ1) is 19.9. The number of nitrogens with one attached hydrogen (secondary N) is 1. The van der Waals surface area contributed by atoms with Crippen LogP contribution in [0.25, 0.3) is 0 Å². The Hall–Kier alpha value is -1.90. The number of nitrogens with zero attached hydrogens (tertiary/aromatic N) is 1. The Bertz CT molecular complexity index is 866. The van der Waals surface area contributed by atoms with Crippen molar-refractivity contribution in [2.45, 2.75) is 36.9 Å². The van der Waals surface area contributed by atoms with Crippen LogP contribution in [0.3, 0.4) is 0 Å². The highest BCUT2D eigenvalue weighted by Gasteiger charge is 2.27. The molecular formula is C19H24N2O4S2. The van der Waals surface area contributed by atoms with Crippen LogP contribution in [0.15, 0.2) is 39.9 Å². The van der Waals surface area contributed by atoms with Gasteiger partial charge in [0.05, 0.1) is 0 Å². The summed E-state index contributed by atoms with van der Waals surface area (Å²) in [6.45, 7) is 4.95. The topological polar surface area (TPSA) is 75.7 Å². The normalized spacial score (nSPS) is 15.7. The molecule has 0 aliphatic carbocycles. The zero-order valence-corrected chi connectivity index (χ0v) is 17.1. The number of likely N-dealkylation sites (tertiary alicyclic amines) is 1. The summed E-state index contributed by atoms with van der Waals surface area (Å²) in [6.07, 6.45) is 1.19. The Balaban J connectivity index is 1.49. The molecule has 2 aromatic rings. The van der Waals surface area contributed by atoms with Crippen molar-refractivity contribution in [3.63, 3.8) is 0 Å². The molecule has 0 saturated carbocycles. The maximum absolute atomic E-state index is 12.4. The monoisotopic (exact) mass is 408 g/mol. The van der Waals surface area contributed by atoms with Gasteiger partial charge in [-0.2, -0.15) is 0 Å². The molecule has 1 aromatic carbocycles. The Kier molecular flexibility index (Phi) is 6.18. The molecule has 146 valence electrons. The third-order valence-electron chi connectivity index (χ3n) is 4.68. The number of thiophene rings is 1. The fourth-order valence-corrected chi connectivity index (χ4v) is 5.51. The van der Waals surface area contributed by atoms with E-state index in [-0.39, 0.29) is 18.6 Å². The summed E-state index contributed by atoms with van der Waals surface area (Å²) >= 11 is 1.20. The van der Waals surface area contributed by atoms with E-state index in [0.29, 0.717) is 30.1 Å². The number of benzene rings is 1. The minimum absolute atomic E-state index is 0.00270. The summed E-state index contributed by atoms with van der Waals surface area (Å²) in [5.41, 5.74) is 2.01. The molecule has 0 spiro atoms. The van der Waals surface area contributed by atoms with Crippen molar-refractivity contribution in [1.29, 1.82) is 0 Å². The van der Waals surface area contributed by atoms with Gasteiger partial charge in [0.15, 0.2) is 6.61 Å². The van der Waals surface area contributed by atoms with Gasteiger partial charge in [0.1, 0.15) is 9.96 Å². The first-order valence-corrected chi connectivity index (χ1v) is 11.3. The van der Waals surface area contributed by atoms with Gasteiger partial charge in [-0.1, -0.05) is 24.3 Å². The molecule has 0 atom stereocenters. The van der Waals surface area contributed by atoms with E-state index in [1.54, 1.807) is 22.4 Å². The number of rotatable bonds is 6. The molecule has 0 unspecified atom stereocenters. The number of hydrogen-bond donors (Lipinski definition) is 1. The first-order valence-electron chi connectivity index (χ1n) is 8.89. The van der Waals surface area contributed by atoms with Gasteiger partial charge in [-0.25, -0.2) is 13.1 Å². The van der Waals surface area contributed by atoms with E-state index in [1.165, 1.54) is 11.3 Å². The summed E-state index contributed by atoms with van der Waals surface area (Å²) in [4.78, 5) is 14.2. The molecular weight excluding hydrogens is 384 g/mol. The predicted molar refractivity (Wildman–Crippen MR) is 106 cm³/mol. The van der Waals surface area contributed by atoms with Crippen molar-refractivity contribution in [2.75, 3.05) is 19.7 Å². The second-order valence-corrected chi connectivity index (χ2v) is 9.61. The van der Waals surface area contributed by atoms with Crippen LogP contribution in [0, 0.1) is 13.8 Å². The van der Waals surface area contributed by atoms with Gasteiger partial charge in [0, 0.05) is 19.1 Å². The van der Waals surface area contributed by atoms with E-state index in [4.69, 9.17) is 4.74 Å². The Morgan fingerprint density at radius 3 is 2.44 bits per heavy atom. The number of hydrogen-bond acceptors (Lipinski definition) is 5. The fourth-order valence-electron chi connectivity index (χ4n) is 3.19.